The zero-order valence-electron chi connectivity index (χ0n) is 9.81. The van der Waals surface area contributed by atoms with Crippen LogP contribution in [0.3, 0.4) is 0 Å². The third kappa shape index (κ3) is 8.23. The van der Waals surface area contributed by atoms with E-state index in [9.17, 15) is 4.79 Å². The van der Waals surface area contributed by atoms with E-state index in [-0.39, 0.29) is 17.6 Å². The second kappa shape index (κ2) is 6.17. The van der Waals surface area contributed by atoms with E-state index in [0.717, 1.165) is 12.2 Å². The Kier molecular flexibility index (Phi) is 6.00. The predicted molar refractivity (Wildman–Crippen MR) is 63.9 cm³/mol. The van der Waals surface area contributed by atoms with E-state index in [1.807, 2.05) is 27.7 Å². The topological polar surface area (TPSA) is 41.1 Å². The van der Waals surface area contributed by atoms with Gasteiger partial charge < -0.3 is 10.6 Å². The lowest BCUT2D eigenvalue weighted by molar-refractivity contribution is 0.228. The fourth-order valence-electron chi connectivity index (χ4n) is 0.967. The molecule has 2 N–H and O–H groups in total. The van der Waals surface area contributed by atoms with Gasteiger partial charge in [-0.05, 0) is 46.1 Å². The number of carbonyl (C=O) groups excluding carboxylic acids is 1. The molecular formula is C10H22N2OS. The van der Waals surface area contributed by atoms with Crippen molar-refractivity contribution in [1.82, 2.24) is 10.6 Å². The van der Waals surface area contributed by atoms with E-state index < -0.39 is 0 Å². The van der Waals surface area contributed by atoms with Crippen LogP contribution in [0.15, 0.2) is 0 Å². The van der Waals surface area contributed by atoms with Crippen LogP contribution >= 0.6 is 11.8 Å². The van der Waals surface area contributed by atoms with Gasteiger partial charge in [0.15, 0.2) is 0 Å². The molecule has 0 radical (unpaired) electrons. The third-order valence-electron chi connectivity index (χ3n) is 1.62. The SMILES string of the molecule is CSCCC(C)NC(=O)NC(C)(C)C. The molecule has 4 heteroatoms. The Morgan fingerprint density at radius 1 is 1.43 bits per heavy atom. The number of urea groups is 1. The molecule has 0 heterocycles. The lowest BCUT2D eigenvalue weighted by atomic mass is 10.1. The van der Waals surface area contributed by atoms with Crippen LogP contribution in [-0.2, 0) is 0 Å². The van der Waals surface area contributed by atoms with E-state index in [2.05, 4.69) is 16.9 Å². The van der Waals surface area contributed by atoms with Crippen molar-refractivity contribution in [2.24, 2.45) is 0 Å². The first kappa shape index (κ1) is 13.6. The van der Waals surface area contributed by atoms with Crippen molar-refractivity contribution in [1.29, 1.82) is 0 Å². The summed E-state index contributed by atoms with van der Waals surface area (Å²) in [6.45, 7) is 7.94. The van der Waals surface area contributed by atoms with Gasteiger partial charge >= 0.3 is 6.03 Å². The lowest BCUT2D eigenvalue weighted by Gasteiger charge is -2.22. The maximum atomic E-state index is 11.4. The molecule has 3 nitrogen and oxygen atoms in total. The van der Waals surface area contributed by atoms with Gasteiger partial charge in [0.2, 0.25) is 0 Å². The molecule has 2 amide bonds. The van der Waals surface area contributed by atoms with Crippen molar-refractivity contribution in [3.8, 4) is 0 Å². The normalized spacial score (nSPS) is 13.5. The average molecular weight is 218 g/mol. The van der Waals surface area contributed by atoms with Crippen LogP contribution in [-0.4, -0.2) is 29.6 Å². The predicted octanol–water partition coefficient (Wildman–Crippen LogP) is 2.23. The molecule has 0 aromatic carbocycles. The number of rotatable bonds is 4. The fraction of sp³-hybridized carbons (Fsp3) is 0.900. The van der Waals surface area contributed by atoms with Crippen molar-refractivity contribution in [3.05, 3.63) is 0 Å². The molecule has 84 valence electrons. The van der Waals surface area contributed by atoms with Gasteiger partial charge in [0.25, 0.3) is 0 Å². The summed E-state index contributed by atoms with van der Waals surface area (Å²) in [5, 5.41) is 5.78. The maximum Gasteiger partial charge on any atom is 0.315 e. The van der Waals surface area contributed by atoms with E-state index >= 15 is 0 Å². The number of hydrogen-bond donors (Lipinski definition) is 2. The summed E-state index contributed by atoms with van der Waals surface area (Å²) in [4.78, 5) is 11.4. The van der Waals surface area contributed by atoms with Gasteiger partial charge in [-0.2, -0.15) is 11.8 Å². The van der Waals surface area contributed by atoms with Gasteiger partial charge in [-0.25, -0.2) is 4.79 Å². The molecule has 0 fully saturated rings. The number of carbonyl (C=O) groups is 1. The highest BCUT2D eigenvalue weighted by atomic mass is 32.2. The van der Waals surface area contributed by atoms with Crippen LogP contribution < -0.4 is 10.6 Å². The Morgan fingerprint density at radius 3 is 2.43 bits per heavy atom. The molecule has 0 aromatic rings. The number of nitrogens with one attached hydrogen (secondary N) is 2. The van der Waals surface area contributed by atoms with Crippen LogP contribution in [0, 0.1) is 0 Å². The molecule has 1 atom stereocenters. The van der Waals surface area contributed by atoms with Gasteiger partial charge in [-0.15, -0.1) is 0 Å². The van der Waals surface area contributed by atoms with Crippen molar-refractivity contribution < 1.29 is 4.79 Å². The van der Waals surface area contributed by atoms with E-state index in [1.165, 1.54) is 0 Å². The molecule has 0 aliphatic rings. The van der Waals surface area contributed by atoms with Gasteiger partial charge in [0.05, 0.1) is 0 Å². The van der Waals surface area contributed by atoms with Gasteiger partial charge in [0, 0.05) is 11.6 Å². The van der Waals surface area contributed by atoms with Crippen molar-refractivity contribution in [2.45, 2.75) is 45.7 Å². The van der Waals surface area contributed by atoms with Crippen LogP contribution in [0.2, 0.25) is 0 Å². The van der Waals surface area contributed by atoms with E-state index in [1.54, 1.807) is 11.8 Å². The summed E-state index contributed by atoms with van der Waals surface area (Å²) in [6, 6.07) is 0.163. The summed E-state index contributed by atoms with van der Waals surface area (Å²) in [7, 11) is 0. The Morgan fingerprint density at radius 2 is 2.00 bits per heavy atom. The minimum absolute atomic E-state index is 0.0777. The van der Waals surface area contributed by atoms with Crippen LogP contribution in [0.5, 0.6) is 0 Å². The summed E-state index contributed by atoms with van der Waals surface area (Å²) in [5.74, 6) is 1.08. The molecule has 14 heavy (non-hydrogen) atoms. The highest BCUT2D eigenvalue weighted by Crippen LogP contribution is 2.01. The minimum Gasteiger partial charge on any atom is -0.336 e. The van der Waals surface area contributed by atoms with Crippen LogP contribution in [0.1, 0.15) is 34.1 Å². The molecule has 0 saturated carbocycles. The van der Waals surface area contributed by atoms with Crippen molar-refractivity contribution >= 4 is 17.8 Å². The summed E-state index contributed by atoms with van der Waals surface area (Å²) >= 11 is 1.80. The Bertz CT molecular complexity index is 177. The largest absolute Gasteiger partial charge is 0.336 e. The van der Waals surface area contributed by atoms with Crippen LogP contribution in [0.25, 0.3) is 0 Å². The summed E-state index contributed by atoms with van der Waals surface area (Å²) < 4.78 is 0. The zero-order valence-corrected chi connectivity index (χ0v) is 10.6. The maximum absolute atomic E-state index is 11.4. The standard InChI is InChI=1S/C10H22N2OS/c1-8(6-7-14-5)11-9(13)12-10(2,3)4/h8H,6-7H2,1-5H3,(H2,11,12,13). The second-order valence-electron chi connectivity index (χ2n) is 4.53. The minimum atomic E-state index is -0.163. The molecule has 0 rings (SSSR count). The Labute approximate surface area is 91.4 Å². The molecule has 0 spiro atoms. The van der Waals surface area contributed by atoms with Gasteiger partial charge in [-0.1, -0.05) is 0 Å². The number of amides is 2. The zero-order chi connectivity index (χ0) is 11.2. The third-order valence-corrected chi connectivity index (χ3v) is 2.26. The highest BCUT2D eigenvalue weighted by molar-refractivity contribution is 7.98. The molecule has 0 bridgehead atoms. The first-order chi connectivity index (χ1) is 6.35. The first-order valence-corrected chi connectivity index (χ1v) is 6.32. The number of thioether (sulfide) groups is 1. The van der Waals surface area contributed by atoms with E-state index in [4.69, 9.17) is 0 Å². The molecule has 0 aromatic heterocycles. The summed E-state index contributed by atoms with van der Waals surface area (Å²) in [5.41, 5.74) is -0.163. The molecule has 0 saturated heterocycles. The number of hydrogen-bond acceptors (Lipinski definition) is 2. The monoisotopic (exact) mass is 218 g/mol. The quantitative estimate of drug-likeness (QED) is 0.759. The van der Waals surface area contributed by atoms with Gasteiger partial charge in [-0.3, -0.25) is 0 Å². The molecule has 0 aliphatic carbocycles. The highest BCUT2D eigenvalue weighted by Gasteiger charge is 2.14. The lowest BCUT2D eigenvalue weighted by Crippen LogP contribution is -2.49. The van der Waals surface area contributed by atoms with Crippen molar-refractivity contribution in [2.75, 3.05) is 12.0 Å². The van der Waals surface area contributed by atoms with Crippen LogP contribution in [0.4, 0.5) is 4.79 Å². The smallest absolute Gasteiger partial charge is 0.315 e. The van der Waals surface area contributed by atoms with Crippen molar-refractivity contribution in [3.63, 3.8) is 0 Å². The van der Waals surface area contributed by atoms with E-state index in [0.29, 0.717) is 0 Å². The molecule has 0 aliphatic heterocycles. The molecular weight excluding hydrogens is 196 g/mol. The second-order valence-corrected chi connectivity index (χ2v) is 5.52. The Balaban J connectivity index is 3.71. The van der Waals surface area contributed by atoms with Gasteiger partial charge in [0.1, 0.15) is 0 Å². The molecule has 1 unspecified atom stereocenters. The summed E-state index contributed by atoms with van der Waals surface area (Å²) in [6.07, 6.45) is 3.08. The Hall–Kier alpha value is -0.380. The first-order valence-electron chi connectivity index (χ1n) is 4.93. The fourth-order valence-corrected chi connectivity index (χ4v) is 1.56. The average Bonchev–Trinajstić information content (AvgIpc) is 1.96.